The summed E-state index contributed by atoms with van der Waals surface area (Å²) in [6.45, 7) is 8.62. The highest BCUT2D eigenvalue weighted by Gasteiger charge is 2.24. The number of amides is 1. The summed E-state index contributed by atoms with van der Waals surface area (Å²) in [5.74, 6) is 0.637. The lowest BCUT2D eigenvalue weighted by Gasteiger charge is -2.30. The molecule has 0 spiro atoms. The fraction of sp³-hybridized carbons (Fsp3) is 0.526. The van der Waals surface area contributed by atoms with Crippen molar-refractivity contribution in [2.75, 3.05) is 19.6 Å². The maximum Gasteiger partial charge on any atom is 0.223 e. The Morgan fingerprint density at radius 3 is 3.04 bits per heavy atom. The first-order chi connectivity index (χ1) is 11.5. The normalized spacial score (nSPS) is 18.9. The van der Waals surface area contributed by atoms with Crippen molar-refractivity contribution < 1.29 is 9.18 Å². The molecule has 1 amide bonds. The van der Waals surface area contributed by atoms with Crippen molar-refractivity contribution >= 4 is 21.8 Å². The van der Waals surface area contributed by atoms with Crippen molar-refractivity contribution in [3.8, 4) is 0 Å². The van der Waals surface area contributed by atoms with E-state index >= 15 is 0 Å². The third-order valence-corrected chi connectivity index (χ3v) is 5.20. The summed E-state index contributed by atoms with van der Waals surface area (Å²) in [6, 6.07) is 4.82. The van der Waals surface area contributed by atoms with Crippen LogP contribution in [0.1, 0.15) is 31.7 Å². The number of carbonyl (C=O) groups is 1. The Bertz CT molecular complexity index is 572. The van der Waals surface area contributed by atoms with Crippen molar-refractivity contribution in [3.63, 3.8) is 0 Å². The topological polar surface area (TPSA) is 32.3 Å². The fourth-order valence-corrected chi connectivity index (χ4v) is 3.62. The number of hydrogen-bond donors (Lipinski definition) is 1. The van der Waals surface area contributed by atoms with Crippen LogP contribution in [0, 0.1) is 17.7 Å². The van der Waals surface area contributed by atoms with Gasteiger partial charge in [0.1, 0.15) is 5.82 Å². The predicted octanol–water partition coefficient (Wildman–Crippen LogP) is 4.13. The predicted molar refractivity (Wildman–Crippen MR) is 99.1 cm³/mol. The monoisotopic (exact) mass is 396 g/mol. The van der Waals surface area contributed by atoms with Crippen LogP contribution in [0.3, 0.4) is 0 Å². The molecule has 1 heterocycles. The van der Waals surface area contributed by atoms with Gasteiger partial charge in [-0.05, 0) is 56.0 Å². The summed E-state index contributed by atoms with van der Waals surface area (Å²) < 4.78 is 14.8. The molecule has 2 rings (SSSR count). The third kappa shape index (κ3) is 5.42. The molecule has 0 aromatic heterocycles. The minimum atomic E-state index is -0.287. The summed E-state index contributed by atoms with van der Waals surface area (Å²) >= 11 is 3.36. The highest BCUT2D eigenvalue weighted by molar-refractivity contribution is 9.10. The molecule has 1 aliphatic rings. The first-order valence-corrected chi connectivity index (χ1v) is 9.34. The number of carbonyl (C=O) groups excluding carboxylic acids is 1. The molecule has 1 saturated heterocycles. The van der Waals surface area contributed by atoms with Crippen LogP contribution >= 0.6 is 15.9 Å². The molecule has 1 aliphatic heterocycles. The smallest absolute Gasteiger partial charge is 0.223 e. The van der Waals surface area contributed by atoms with Crippen LogP contribution in [0.15, 0.2) is 35.3 Å². The van der Waals surface area contributed by atoms with Gasteiger partial charge in [-0.25, -0.2) is 4.39 Å². The van der Waals surface area contributed by atoms with Crippen molar-refractivity contribution in [1.29, 1.82) is 0 Å². The zero-order valence-corrected chi connectivity index (χ0v) is 15.8. The second-order valence-electron chi connectivity index (χ2n) is 6.59. The molecule has 1 fully saturated rings. The number of piperidine rings is 1. The van der Waals surface area contributed by atoms with E-state index in [9.17, 15) is 9.18 Å². The van der Waals surface area contributed by atoms with Gasteiger partial charge in [-0.2, -0.15) is 0 Å². The molecule has 0 radical (unpaired) electrons. The first kappa shape index (κ1) is 19.1. The standard InChI is InChI=1S/C19H26BrFN2O/c1-3-9-23(13-16-11-17(20)6-7-18(16)21)19(24)10-14(2)15-5-4-8-22-12-15/h3,6-7,11,14-15,22H,1,4-5,8-10,12-13H2,2H3. The lowest BCUT2D eigenvalue weighted by atomic mass is 9.85. The maximum atomic E-state index is 14.0. The Hall–Kier alpha value is -1.20. The van der Waals surface area contributed by atoms with E-state index in [4.69, 9.17) is 0 Å². The van der Waals surface area contributed by atoms with E-state index in [1.807, 2.05) is 0 Å². The summed E-state index contributed by atoms with van der Waals surface area (Å²) in [5, 5.41) is 3.40. The maximum absolute atomic E-state index is 14.0. The van der Waals surface area contributed by atoms with Crippen LogP contribution in [0.25, 0.3) is 0 Å². The quantitative estimate of drug-likeness (QED) is 0.702. The average molecular weight is 397 g/mol. The molecule has 1 aromatic rings. The first-order valence-electron chi connectivity index (χ1n) is 8.54. The van der Waals surface area contributed by atoms with Gasteiger partial charge in [-0.3, -0.25) is 4.79 Å². The van der Waals surface area contributed by atoms with Crippen LogP contribution in [0.2, 0.25) is 0 Å². The molecule has 1 N–H and O–H groups in total. The Balaban J connectivity index is 2.01. The molecule has 0 bridgehead atoms. The van der Waals surface area contributed by atoms with Gasteiger partial charge in [0, 0.05) is 29.5 Å². The van der Waals surface area contributed by atoms with Crippen molar-refractivity contribution in [2.24, 2.45) is 11.8 Å². The minimum Gasteiger partial charge on any atom is -0.335 e. The highest BCUT2D eigenvalue weighted by Crippen LogP contribution is 2.24. The van der Waals surface area contributed by atoms with Gasteiger partial charge in [-0.15, -0.1) is 6.58 Å². The zero-order chi connectivity index (χ0) is 17.5. The largest absolute Gasteiger partial charge is 0.335 e. The summed E-state index contributed by atoms with van der Waals surface area (Å²) in [5.41, 5.74) is 0.520. The number of halogens is 2. The van der Waals surface area contributed by atoms with Crippen molar-refractivity contribution in [1.82, 2.24) is 10.2 Å². The Morgan fingerprint density at radius 2 is 2.38 bits per heavy atom. The fourth-order valence-electron chi connectivity index (χ4n) is 3.22. The lowest BCUT2D eigenvalue weighted by molar-refractivity contribution is -0.132. The SMILES string of the molecule is C=CCN(Cc1cc(Br)ccc1F)C(=O)CC(C)C1CCCNC1. The van der Waals surface area contributed by atoms with E-state index in [0.717, 1.165) is 17.6 Å². The Kier molecular flexibility index (Phi) is 7.43. The Morgan fingerprint density at radius 1 is 1.58 bits per heavy atom. The second-order valence-corrected chi connectivity index (χ2v) is 7.50. The number of nitrogens with one attached hydrogen (secondary N) is 1. The minimum absolute atomic E-state index is 0.0624. The van der Waals surface area contributed by atoms with E-state index in [1.165, 1.54) is 18.9 Å². The van der Waals surface area contributed by atoms with Crippen LogP contribution in [-0.4, -0.2) is 30.4 Å². The molecular formula is C19H26BrFN2O. The molecule has 24 heavy (non-hydrogen) atoms. The van der Waals surface area contributed by atoms with Crippen LogP contribution in [-0.2, 0) is 11.3 Å². The van der Waals surface area contributed by atoms with E-state index in [0.29, 0.717) is 30.4 Å². The number of rotatable bonds is 7. The van der Waals surface area contributed by atoms with Crippen molar-refractivity contribution in [2.45, 2.75) is 32.7 Å². The third-order valence-electron chi connectivity index (χ3n) is 4.71. The molecule has 1 aromatic carbocycles. The Labute approximate surface area is 152 Å². The number of benzene rings is 1. The van der Waals surface area contributed by atoms with Gasteiger partial charge in [0.15, 0.2) is 0 Å². The van der Waals surface area contributed by atoms with Crippen molar-refractivity contribution in [3.05, 3.63) is 46.7 Å². The van der Waals surface area contributed by atoms with Crippen LogP contribution in [0.5, 0.6) is 0 Å². The van der Waals surface area contributed by atoms with Gasteiger partial charge in [0.2, 0.25) is 5.91 Å². The van der Waals surface area contributed by atoms with E-state index in [-0.39, 0.29) is 18.3 Å². The lowest BCUT2D eigenvalue weighted by Crippen LogP contribution is -2.37. The summed E-state index contributed by atoms with van der Waals surface area (Å²) in [4.78, 5) is 14.4. The molecule has 0 aliphatic carbocycles. The summed E-state index contributed by atoms with van der Waals surface area (Å²) in [6.07, 6.45) is 4.53. The molecule has 3 nitrogen and oxygen atoms in total. The van der Waals surface area contributed by atoms with E-state index in [2.05, 4.69) is 34.7 Å². The molecule has 0 saturated carbocycles. The molecule has 5 heteroatoms. The molecular weight excluding hydrogens is 371 g/mol. The van der Waals surface area contributed by atoms with E-state index in [1.54, 1.807) is 23.1 Å². The average Bonchev–Trinajstić information content (AvgIpc) is 2.58. The van der Waals surface area contributed by atoms with Gasteiger partial charge < -0.3 is 10.2 Å². The van der Waals surface area contributed by atoms with E-state index < -0.39 is 0 Å². The highest BCUT2D eigenvalue weighted by atomic mass is 79.9. The molecule has 2 atom stereocenters. The van der Waals surface area contributed by atoms with Gasteiger partial charge >= 0.3 is 0 Å². The molecule has 132 valence electrons. The van der Waals surface area contributed by atoms with Gasteiger partial charge in [0.25, 0.3) is 0 Å². The van der Waals surface area contributed by atoms with Gasteiger partial charge in [-0.1, -0.05) is 28.9 Å². The van der Waals surface area contributed by atoms with Crippen LogP contribution < -0.4 is 5.32 Å². The molecule has 2 unspecified atom stereocenters. The number of hydrogen-bond acceptors (Lipinski definition) is 2. The zero-order valence-electron chi connectivity index (χ0n) is 14.2. The summed E-state index contributed by atoms with van der Waals surface area (Å²) in [7, 11) is 0. The number of nitrogens with zero attached hydrogens (tertiary/aromatic N) is 1. The second kappa shape index (κ2) is 9.33. The van der Waals surface area contributed by atoms with Crippen LogP contribution in [0.4, 0.5) is 4.39 Å². The van der Waals surface area contributed by atoms with Gasteiger partial charge in [0.05, 0.1) is 0 Å².